The Balaban J connectivity index is 2.70. The highest BCUT2D eigenvalue weighted by Gasteiger charge is 2.21. The molecule has 0 aliphatic heterocycles. The molecule has 0 bridgehead atoms. The van der Waals surface area contributed by atoms with Gasteiger partial charge in [0.05, 0.1) is 6.61 Å². The van der Waals surface area contributed by atoms with Crippen molar-refractivity contribution in [2.24, 2.45) is 5.73 Å². The fraction of sp³-hybridized carbons (Fsp3) is 0.385. The van der Waals surface area contributed by atoms with E-state index in [0.29, 0.717) is 23.3 Å². The summed E-state index contributed by atoms with van der Waals surface area (Å²) < 4.78 is 20.4. The summed E-state index contributed by atoms with van der Waals surface area (Å²) in [5, 5.41) is 0.536. The number of carbonyl (C=O) groups excluding carboxylic acids is 1. The number of nitrogens with zero attached hydrogens (tertiary/aromatic N) is 2. The number of aromatic nitrogens is 2. The van der Waals surface area contributed by atoms with Gasteiger partial charge >= 0.3 is 5.97 Å². The van der Waals surface area contributed by atoms with Gasteiger partial charge in [0.2, 0.25) is 0 Å². The maximum atomic E-state index is 13.6. The molecule has 1 atom stereocenters. The van der Waals surface area contributed by atoms with Crippen molar-refractivity contribution < 1.29 is 13.9 Å². The Morgan fingerprint density at radius 2 is 2.30 bits per heavy atom. The molecule has 2 aromatic heterocycles. The molecule has 0 fully saturated rings. The smallest absolute Gasteiger partial charge is 0.355 e. The predicted molar refractivity (Wildman–Crippen MR) is 77.1 cm³/mol. The van der Waals surface area contributed by atoms with Gasteiger partial charge in [-0.05, 0) is 41.9 Å². The Bertz CT molecular complexity index is 657. The van der Waals surface area contributed by atoms with E-state index in [1.54, 1.807) is 17.6 Å². The van der Waals surface area contributed by atoms with E-state index in [0.717, 1.165) is 0 Å². The van der Waals surface area contributed by atoms with Crippen molar-refractivity contribution in [3.8, 4) is 0 Å². The molecule has 0 saturated carbocycles. The topological polar surface area (TPSA) is 70.1 Å². The number of ether oxygens (including phenoxy) is 1. The van der Waals surface area contributed by atoms with Crippen molar-refractivity contribution >= 4 is 32.9 Å². The Labute approximate surface area is 124 Å². The second-order valence-corrected chi connectivity index (χ2v) is 5.13. The Kier molecular flexibility index (Phi) is 4.39. The van der Waals surface area contributed by atoms with Crippen LogP contribution in [0.2, 0.25) is 0 Å². The number of esters is 1. The Hall–Kier alpha value is -1.47. The lowest BCUT2D eigenvalue weighted by molar-refractivity contribution is 0.0512. The zero-order valence-electron chi connectivity index (χ0n) is 11.2. The molecule has 108 valence electrons. The number of hydrogen-bond donors (Lipinski definition) is 1. The van der Waals surface area contributed by atoms with Gasteiger partial charge in [-0.2, -0.15) is 0 Å². The van der Waals surface area contributed by atoms with Crippen molar-refractivity contribution in [3.63, 3.8) is 0 Å². The van der Waals surface area contributed by atoms with Crippen molar-refractivity contribution in [1.29, 1.82) is 0 Å². The van der Waals surface area contributed by atoms with Crippen LogP contribution >= 0.6 is 15.9 Å². The number of nitrogens with two attached hydrogens (primary N) is 1. The summed E-state index contributed by atoms with van der Waals surface area (Å²) in [6.45, 7) is 4.18. The normalized spacial score (nSPS) is 12.7. The minimum Gasteiger partial charge on any atom is -0.461 e. The van der Waals surface area contributed by atoms with Crippen LogP contribution in [-0.4, -0.2) is 28.7 Å². The summed E-state index contributed by atoms with van der Waals surface area (Å²) >= 11 is 3.05. The number of halogens is 2. The summed E-state index contributed by atoms with van der Waals surface area (Å²) in [6.07, 6.45) is 0. The van der Waals surface area contributed by atoms with E-state index in [2.05, 4.69) is 20.9 Å². The molecule has 2 rings (SSSR count). The molecule has 0 aliphatic carbocycles. The molecule has 0 amide bonds. The molecule has 0 spiro atoms. The summed E-state index contributed by atoms with van der Waals surface area (Å²) in [4.78, 5) is 16.2. The number of fused-ring (bicyclic) bond motifs is 1. The number of carbonyl (C=O) groups is 1. The summed E-state index contributed by atoms with van der Waals surface area (Å²) in [6, 6.07) is 2.74. The highest BCUT2D eigenvalue weighted by molar-refractivity contribution is 9.10. The monoisotopic (exact) mass is 343 g/mol. The van der Waals surface area contributed by atoms with Gasteiger partial charge in [0, 0.05) is 18.0 Å². The molecular formula is C13H15BrFN3O2. The van der Waals surface area contributed by atoms with E-state index in [1.165, 1.54) is 6.07 Å². The van der Waals surface area contributed by atoms with Gasteiger partial charge in [0.15, 0.2) is 5.82 Å². The van der Waals surface area contributed by atoms with Crippen LogP contribution in [-0.2, 0) is 4.74 Å². The number of pyridine rings is 1. The first kappa shape index (κ1) is 14.9. The zero-order valence-corrected chi connectivity index (χ0v) is 12.8. The molecular weight excluding hydrogens is 329 g/mol. The highest BCUT2D eigenvalue weighted by Crippen LogP contribution is 2.26. The van der Waals surface area contributed by atoms with Crippen LogP contribution in [0.3, 0.4) is 0 Å². The summed E-state index contributed by atoms with van der Waals surface area (Å²) in [5.41, 5.74) is 6.50. The van der Waals surface area contributed by atoms with Crippen LogP contribution in [0.1, 0.15) is 30.4 Å². The van der Waals surface area contributed by atoms with Gasteiger partial charge in [-0.25, -0.2) is 14.2 Å². The van der Waals surface area contributed by atoms with Crippen molar-refractivity contribution in [3.05, 3.63) is 28.2 Å². The van der Waals surface area contributed by atoms with Gasteiger partial charge in [-0.3, -0.25) is 0 Å². The third kappa shape index (κ3) is 2.55. The third-order valence-corrected chi connectivity index (χ3v) is 3.54. The van der Waals surface area contributed by atoms with Crippen LogP contribution in [0, 0.1) is 5.82 Å². The standard InChI is InChI=1S/C13H15BrFN3O2/c1-3-20-13(19)10-5-8-4-9(15)11(14)17-12(8)18(10)7(2)6-16/h4-5,7H,3,6,16H2,1-2H3. The van der Waals surface area contributed by atoms with Gasteiger partial charge < -0.3 is 15.0 Å². The fourth-order valence-electron chi connectivity index (χ4n) is 2.02. The lowest BCUT2D eigenvalue weighted by Gasteiger charge is -2.15. The lowest BCUT2D eigenvalue weighted by Crippen LogP contribution is -2.21. The fourth-order valence-corrected chi connectivity index (χ4v) is 2.30. The Morgan fingerprint density at radius 1 is 1.60 bits per heavy atom. The average molecular weight is 344 g/mol. The van der Waals surface area contributed by atoms with E-state index in [-0.39, 0.29) is 17.3 Å². The molecule has 0 aliphatic rings. The van der Waals surface area contributed by atoms with Gasteiger partial charge in [0.1, 0.15) is 15.9 Å². The van der Waals surface area contributed by atoms with Gasteiger partial charge in [-0.15, -0.1) is 0 Å². The molecule has 0 saturated heterocycles. The van der Waals surface area contributed by atoms with Crippen LogP contribution < -0.4 is 5.73 Å². The minimum absolute atomic E-state index is 0.101. The summed E-state index contributed by atoms with van der Waals surface area (Å²) in [7, 11) is 0. The van der Waals surface area contributed by atoms with Crippen molar-refractivity contribution in [2.75, 3.05) is 13.2 Å². The predicted octanol–water partition coefficient (Wildman–Crippen LogP) is 2.63. The molecule has 2 N–H and O–H groups in total. The molecule has 2 aromatic rings. The highest BCUT2D eigenvalue weighted by atomic mass is 79.9. The maximum Gasteiger partial charge on any atom is 0.355 e. The minimum atomic E-state index is -0.481. The van der Waals surface area contributed by atoms with E-state index >= 15 is 0 Å². The van der Waals surface area contributed by atoms with E-state index in [9.17, 15) is 9.18 Å². The third-order valence-electron chi connectivity index (χ3n) is 2.99. The molecule has 0 radical (unpaired) electrons. The van der Waals surface area contributed by atoms with E-state index in [4.69, 9.17) is 10.5 Å². The van der Waals surface area contributed by atoms with E-state index < -0.39 is 11.8 Å². The van der Waals surface area contributed by atoms with Crippen molar-refractivity contribution in [2.45, 2.75) is 19.9 Å². The summed E-state index contributed by atoms with van der Waals surface area (Å²) in [5.74, 6) is -0.951. The molecule has 7 heteroatoms. The SMILES string of the molecule is CCOC(=O)c1cc2cc(F)c(Br)nc2n1C(C)CN. The van der Waals surface area contributed by atoms with Crippen molar-refractivity contribution in [1.82, 2.24) is 9.55 Å². The Morgan fingerprint density at radius 3 is 2.90 bits per heavy atom. The first-order valence-corrected chi connectivity index (χ1v) is 7.03. The molecule has 2 heterocycles. The second-order valence-electron chi connectivity index (χ2n) is 4.38. The first-order valence-electron chi connectivity index (χ1n) is 6.23. The number of hydrogen-bond acceptors (Lipinski definition) is 4. The molecule has 20 heavy (non-hydrogen) atoms. The van der Waals surface area contributed by atoms with E-state index in [1.807, 2.05) is 6.92 Å². The largest absolute Gasteiger partial charge is 0.461 e. The van der Waals surface area contributed by atoms with Gasteiger partial charge in [-0.1, -0.05) is 0 Å². The quantitative estimate of drug-likeness (QED) is 0.684. The first-order chi connectivity index (χ1) is 9.49. The lowest BCUT2D eigenvalue weighted by atomic mass is 10.3. The molecule has 1 unspecified atom stereocenters. The molecule has 5 nitrogen and oxygen atoms in total. The average Bonchev–Trinajstić information content (AvgIpc) is 2.77. The van der Waals surface area contributed by atoms with Gasteiger partial charge in [0.25, 0.3) is 0 Å². The van der Waals surface area contributed by atoms with Crippen LogP contribution in [0.25, 0.3) is 11.0 Å². The van der Waals surface area contributed by atoms with Crippen LogP contribution in [0.15, 0.2) is 16.7 Å². The maximum absolute atomic E-state index is 13.6. The second kappa shape index (κ2) is 5.88. The molecule has 0 aromatic carbocycles. The zero-order chi connectivity index (χ0) is 14.9. The van der Waals surface area contributed by atoms with Crippen LogP contribution in [0.4, 0.5) is 4.39 Å². The number of rotatable bonds is 4. The van der Waals surface area contributed by atoms with Crippen LogP contribution in [0.5, 0.6) is 0 Å².